The minimum Gasteiger partial charge on any atom is -0.370 e. The Balaban J connectivity index is 2.37. The third kappa shape index (κ3) is 1.39. The van der Waals surface area contributed by atoms with Gasteiger partial charge in [0.2, 0.25) is 0 Å². The van der Waals surface area contributed by atoms with E-state index >= 15 is 0 Å². The highest BCUT2D eigenvalue weighted by atomic mass is 35.5. The number of rotatable bonds is 0. The monoisotopic (exact) mass is 182 g/mol. The molecule has 1 N–H and O–H groups in total. The molecule has 12 heavy (non-hydrogen) atoms. The zero-order valence-corrected chi connectivity index (χ0v) is 7.73. The smallest absolute Gasteiger partial charge is 0.131 e. The molecule has 0 saturated carbocycles. The van der Waals surface area contributed by atoms with Crippen molar-refractivity contribution in [1.82, 2.24) is 4.98 Å². The van der Waals surface area contributed by atoms with Crippen molar-refractivity contribution < 1.29 is 0 Å². The highest BCUT2D eigenvalue weighted by molar-refractivity contribution is 6.29. The first-order valence-electron chi connectivity index (χ1n) is 4.15. The Morgan fingerprint density at radius 1 is 1.58 bits per heavy atom. The number of nitrogens with one attached hydrogen (secondary N) is 1. The maximum absolute atomic E-state index is 5.76. The topological polar surface area (TPSA) is 24.9 Å². The Hall–Kier alpha value is -0.760. The van der Waals surface area contributed by atoms with Gasteiger partial charge in [0.05, 0.1) is 0 Å². The third-order valence-corrected chi connectivity index (χ3v) is 2.34. The maximum Gasteiger partial charge on any atom is 0.131 e. The van der Waals surface area contributed by atoms with Crippen LogP contribution in [0.3, 0.4) is 0 Å². The zero-order valence-electron chi connectivity index (χ0n) is 6.97. The molecule has 0 bridgehead atoms. The van der Waals surface area contributed by atoms with Crippen molar-refractivity contribution in [2.24, 2.45) is 5.92 Å². The van der Waals surface area contributed by atoms with Gasteiger partial charge in [-0.05, 0) is 24.0 Å². The summed E-state index contributed by atoms with van der Waals surface area (Å²) in [5.74, 6) is 1.65. The number of nitrogens with zero attached hydrogens (tertiary/aromatic N) is 1. The molecule has 0 aromatic carbocycles. The molecule has 1 unspecified atom stereocenters. The number of hydrogen-bond donors (Lipinski definition) is 1. The molecule has 0 radical (unpaired) electrons. The molecular formula is C9H11ClN2. The maximum atomic E-state index is 5.76. The van der Waals surface area contributed by atoms with Gasteiger partial charge in [0, 0.05) is 6.54 Å². The molecule has 1 aromatic heterocycles. The molecule has 64 valence electrons. The average molecular weight is 183 g/mol. The lowest BCUT2D eigenvalue weighted by molar-refractivity contribution is 0.591. The normalized spacial score (nSPS) is 21.3. The minimum absolute atomic E-state index is 0.566. The van der Waals surface area contributed by atoms with Gasteiger partial charge in [-0.15, -0.1) is 0 Å². The highest BCUT2D eigenvalue weighted by Gasteiger charge is 2.14. The van der Waals surface area contributed by atoms with Crippen LogP contribution in [-0.2, 0) is 6.42 Å². The first-order chi connectivity index (χ1) is 5.75. The molecule has 0 spiro atoms. The van der Waals surface area contributed by atoms with Crippen LogP contribution in [0.1, 0.15) is 12.5 Å². The van der Waals surface area contributed by atoms with Gasteiger partial charge in [-0.3, -0.25) is 0 Å². The summed E-state index contributed by atoms with van der Waals surface area (Å²) in [6.07, 6.45) is 1.10. The van der Waals surface area contributed by atoms with Crippen molar-refractivity contribution >= 4 is 17.4 Å². The summed E-state index contributed by atoms with van der Waals surface area (Å²) in [5, 5.41) is 3.82. The predicted octanol–water partition coefficient (Wildman–Crippen LogP) is 2.34. The fourth-order valence-electron chi connectivity index (χ4n) is 1.50. The Kier molecular flexibility index (Phi) is 1.93. The van der Waals surface area contributed by atoms with Crippen molar-refractivity contribution in [3.8, 4) is 0 Å². The van der Waals surface area contributed by atoms with Gasteiger partial charge in [-0.25, -0.2) is 4.98 Å². The van der Waals surface area contributed by atoms with Crippen molar-refractivity contribution in [2.75, 3.05) is 11.9 Å². The summed E-state index contributed by atoms with van der Waals surface area (Å²) >= 11 is 5.76. The Morgan fingerprint density at radius 3 is 3.25 bits per heavy atom. The zero-order chi connectivity index (χ0) is 8.55. The largest absolute Gasteiger partial charge is 0.370 e. The lowest BCUT2D eigenvalue weighted by Gasteiger charge is -2.21. The summed E-state index contributed by atoms with van der Waals surface area (Å²) in [5.41, 5.74) is 1.28. The van der Waals surface area contributed by atoms with Crippen molar-refractivity contribution in [3.63, 3.8) is 0 Å². The fraction of sp³-hybridized carbons (Fsp3) is 0.444. The molecule has 1 aromatic rings. The predicted molar refractivity (Wildman–Crippen MR) is 50.6 cm³/mol. The van der Waals surface area contributed by atoms with Crippen LogP contribution in [0.4, 0.5) is 5.82 Å². The van der Waals surface area contributed by atoms with Gasteiger partial charge in [0.1, 0.15) is 11.0 Å². The molecule has 2 rings (SSSR count). The first-order valence-corrected chi connectivity index (χ1v) is 4.53. The lowest BCUT2D eigenvalue weighted by Crippen LogP contribution is -2.21. The number of halogens is 1. The molecule has 1 aliphatic heterocycles. The van der Waals surface area contributed by atoms with E-state index in [-0.39, 0.29) is 0 Å². The number of aromatic nitrogens is 1. The molecule has 0 amide bonds. The Bertz CT molecular complexity index is 299. The minimum atomic E-state index is 0.566. The highest BCUT2D eigenvalue weighted by Crippen LogP contribution is 2.23. The quantitative estimate of drug-likeness (QED) is 0.623. The van der Waals surface area contributed by atoms with E-state index in [1.54, 1.807) is 0 Å². The van der Waals surface area contributed by atoms with Crippen molar-refractivity contribution in [3.05, 3.63) is 22.8 Å². The van der Waals surface area contributed by atoms with Crippen LogP contribution in [0.5, 0.6) is 0 Å². The molecule has 0 fully saturated rings. The van der Waals surface area contributed by atoms with E-state index < -0.39 is 0 Å². The van der Waals surface area contributed by atoms with E-state index in [2.05, 4.69) is 17.2 Å². The second-order valence-corrected chi connectivity index (χ2v) is 3.72. The van der Waals surface area contributed by atoms with Crippen LogP contribution in [0.2, 0.25) is 5.15 Å². The first kappa shape index (κ1) is 7.87. The molecule has 1 aliphatic rings. The van der Waals surface area contributed by atoms with Gasteiger partial charge in [0.15, 0.2) is 0 Å². The van der Waals surface area contributed by atoms with Crippen LogP contribution < -0.4 is 5.32 Å². The number of anilines is 1. The van der Waals surface area contributed by atoms with E-state index in [9.17, 15) is 0 Å². The number of fused-ring (bicyclic) bond motifs is 1. The van der Waals surface area contributed by atoms with Crippen LogP contribution in [-0.4, -0.2) is 11.5 Å². The average Bonchev–Trinajstić information content (AvgIpc) is 2.05. The van der Waals surface area contributed by atoms with Gasteiger partial charge >= 0.3 is 0 Å². The molecule has 3 heteroatoms. The number of pyridine rings is 1. The summed E-state index contributed by atoms with van der Waals surface area (Å²) in [4.78, 5) is 4.20. The lowest BCUT2D eigenvalue weighted by atomic mass is 9.98. The van der Waals surface area contributed by atoms with Gasteiger partial charge in [0.25, 0.3) is 0 Å². The van der Waals surface area contributed by atoms with E-state index in [1.807, 2.05) is 12.1 Å². The second-order valence-electron chi connectivity index (χ2n) is 3.33. The second kappa shape index (κ2) is 2.94. The summed E-state index contributed by atoms with van der Waals surface area (Å²) in [6, 6.07) is 3.90. The van der Waals surface area contributed by atoms with Crippen molar-refractivity contribution in [1.29, 1.82) is 0 Å². The van der Waals surface area contributed by atoms with Gasteiger partial charge < -0.3 is 5.32 Å². The third-order valence-electron chi connectivity index (χ3n) is 2.13. The van der Waals surface area contributed by atoms with Crippen LogP contribution in [0.15, 0.2) is 12.1 Å². The van der Waals surface area contributed by atoms with Crippen LogP contribution in [0.25, 0.3) is 0 Å². The molecule has 0 aliphatic carbocycles. The molecule has 1 atom stereocenters. The molecule has 0 saturated heterocycles. The molecular weight excluding hydrogens is 172 g/mol. The SMILES string of the molecule is CC1CNc2nc(Cl)ccc2C1. The summed E-state index contributed by atoms with van der Waals surface area (Å²) in [7, 11) is 0. The van der Waals surface area contributed by atoms with Gasteiger partial charge in [-0.2, -0.15) is 0 Å². The van der Waals surface area contributed by atoms with Crippen LogP contribution in [0, 0.1) is 5.92 Å². The molecule has 2 heterocycles. The Morgan fingerprint density at radius 2 is 2.42 bits per heavy atom. The van der Waals surface area contributed by atoms with E-state index in [0.717, 1.165) is 18.8 Å². The van der Waals surface area contributed by atoms with Gasteiger partial charge in [-0.1, -0.05) is 24.6 Å². The fourth-order valence-corrected chi connectivity index (χ4v) is 1.65. The van der Waals surface area contributed by atoms with E-state index in [4.69, 9.17) is 11.6 Å². The van der Waals surface area contributed by atoms with Crippen LogP contribution >= 0.6 is 11.6 Å². The van der Waals surface area contributed by atoms with E-state index in [0.29, 0.717) is 11.1 Å². The summed E-state index contributed by atoms with van der Waals surface area (Å²) in [6.45, 7) is 3.23. The Labute approximate surface area is 77.0 Å². The summed E-state index contributed by atoms with van der Waals surface area (Å²) < 4.78 is 0. The standard InChI is InChI=1S/C9H11ClN2/c1-6-4-7-2-3-8(10)12-9(7)11-5-6/h2-3,6H,4-5H2,1H3,(H,11,12). The molecule has 2 nitrogen and oxygen atoms in total. The van der Waals surface area contributed by atoms with E-state index in [1.165, 1.54) is 5.56 Å². The number of hydrogen-bond acceptors (Lipinski definition) is 2. The van der Waals surface area contributed by atoms with Crippen molar-refractivity contribution in [2.45, 2.75) is 13.3 Å².